The Balaban J connectivity index is 1.62. The highest BCUT2D eigenvalue weighted by molar-refractivity contribution is 9.10. The van der Waals surface area contributed by atoms with Crippen molar-refractivity contribution in [3.8, 4) is 0 Å². The summed E-state index contributed by atoms with van der Waals surface area (Å²) < 4.78 is 0.898. The lowest BCUT2D eigenvalue weighted by Crippen LogP contribution is -2.51. The van der Waals surface area contributed by atoms with Gasteiger partial charge in [-0.15, -0.1) is 0 Å². The molecule has 0 aromatic heterocycles. The number of halogens is 2. The summed E-state index contributed by atoms with van der Waals surface area (Å²) in [6.45, 7) is 3.60. The van der Waals surface area contributed by atoms with E-state index in [1.54, 1.807) is 12.1 Å². The molecule has 0 unspecified atom stereocenters. The fourth-order valence-electron chi connectivity index (χ4n) is 3.39. The SMILES string of the molecule is O=C(c1ccc(Br)cc1Cl)N1CCN(C2CCCC2)CC1. The van der Waals surface area contributed by atoms with Crippen LogP contribution in [0.3, 0.4) is 0 Å². The number of carbonyl (C=O) groups excluding carboxylic acids is 1. The number of piperazine rings is 1. The van der Waals surface area contributed by atoms with Crippen molar-refractivity contribution in [2.24, 2.45) is 0 Å². The number of nitrogens with zero attached hydrogens (tertiary/aromatic N) is 2. The molecule has 3 rings (SSSR count). The van der Waals surface area contributed by atoms with E-state index >= 15 is 0 Å². The van der Waals surface area contributed by atoms with E-state index in [2.05, 4.69) is 20.8 Å². The molecule has 1 aliphatic heterocycles. The normalized spacial score (nSPS) is 21.0. The van der Waals surface area contributed by atoms with Crippen LogP contribution in [0.2, 0.25) is 5.02 Å². The van der Waals surface area contributed by atoms with Gasteiger partial charge in [0.05, 0.1) is 10.6 Å². The molecule has 1 aliphatic carbocycles. The minimum Gasteiger partial charge on any atom is -0.336 e. The molecule has 2 fully saturated rings. The van der Waals surface area contributed by atoms with E-state index in [9.17, 15) is 4.79 Å². The Morgan fingerprint density at radius 2 is 1.81 bits per heavy atom. The van der Waals surface area contributed by atoms with Gasteiger partial charge in [-0.1, -0.05) is 40.4 Å². The summed E-state index contributed by atoms with van der Waals surface area (Å²) in [4.78, 5) is 17.1. The minimum atomic E-state index is 0.0542. The van der Waals surface area contributed by atoms with E-state index in [0.29, 0.717) is 10.6 Å². The van der Waals surface area contributed by atoms with Gasteiger partial charge in [-0.3, -0.25) is 9.69 Å². The second kappa shape index (κ2) is 6.67. The van der Waals surface area contributed by atoms with Crippen LogP contribution in [0.15, 0.2) is 22.7 Å². The van der Waals surface area contributed by atoms with E-state index in [1.807, 2.05) is 11.0 Å². The van der Waals surface area contributed by atoms with Gasteiger partial charge in [-0.2, -0.15) is 0 Å². The van der Waals surface area contributed by atoms with Crippen molar-refractivity contribution < 1.29 is 4.79 Å². The molecule has 1 saturated carbocycles. The van der Waals surface area contributed by atoms with Crippen molar-refractivity contribution in [1.29, 1.82) is 0 Å². The van der Waals surface area contributed by atoms with Crippen LogP contribution in [-0.2, 0) is 0 Å². The molecule has 114 valence electrons. The zero-order valence-electron chi connectivity index (χ0n) is 12.0. The molecule has 2 aliphatic rings. The Hall–Kier alpha value is -0.580. The van der Waals surface area contributed by atoms with Crippen LogP contribution in [0.5, 0.6) is 0 Å². The fraction of sp³-hybridized carbons (Fsp3) is 0.562. The Bertz CT molecular complexity index is 523. The van der Waals surface area contributed by atoms with Crippen LogP contribution in [0, 0.1) is 0 Å². The molecule has 1 aromatic carbocycles. The maximum atomic E-state index is 12.6. The molecule has 0 N–H and O–H groups in total. The van der Waals surface area contributed by atoms with Gasteiger partial charge in [-0.05, 0) is 31.0 Å². The van der Waals surface area contributed by atoms with Crippen LogP contribution >= 0.6 is 27.5 Å². The van der Waals surface area contributed by atoms with Crippen LogP contribution < -0.4 is 0 Å². The third-order valence-corrected chi connectivity index (χ3v) is 5.41. The second-order valence-electron chi connectivity index (χ2n) is 5.89. The Kier molecular flexibility index (Phi) is 4.87. The zero-order chi connectivity index (χ0) is 14.8. The number of hydrogen-bond donors (Lipinski definition) is 0. The first-order valence-electron chi connectivity index (χ1n) is 7.63. The molecule has 1 saturated heterocycles. The van der Waals surface area contributed by atoms with Gasteiger partial charge in [0.15, 0.2) is 0 Å². The molecule has 1 heterocycles. The van der Waals surface area contributed by atoms with Gasteiger partial charge in [0, 0.05) is 36.7 Å². The highest BCUT2D eigenvalue weighted by atomic mass is 79.9. The quantitative estimate of drug-likeness (QED) is 0.789. The summed E-state index contributed by atoms with van der Waals surface area (Å²) in [6.07, 6.45) is 5.37. The Morgan fingerprint density at radius 1 is 1.14 bits per heavy atom. The van der Waals surface area contributed by atoms with E-state index in [-0.39, 0.29) is 5.91 Å². The third kappa shape index (κ3) is 3.43. The molecule has 21 heavy (non-hydrogen) atoms. The summed E-state index contributed by atoms with van der Waals surface area (Å²) in [5.41, 5.74) is 0.606. The number of benzene rings is 1. The summed E-state index contributed by atoms with van der Waals surface area (Å²) in [6, 6.07) is 6.20. The maximum Gasteiger partial charge on any atom is 0.255 e. The summed E-state index contributed by atoms with van der Waals surface area (Å²) in [7, 11) is 0. The molecular weight excluding hydrogens is 352 g/mol. The number of amides is 1. The van der Waals surface area contributed by atoms with Crippen LogP contribution in [0.25, 0.3) is 0 Å². The first-order chi connectivity index (χ1) is 10.1. The summed E-state index contributed by atoms with van der Waals surface area (Å²) in [5, 5.41) is 0.521. The molecule has 0 atom stereocenters. The second-order valence-corrected chi connectivity index (χ2v) is 7.21. The Labute approximate surface area is 139 Å². The standard InChI is InChI=1S/C16H20BrClN2O/c17-12-5-6-14(15(18)11-12)16(21)20-9-7-19(8-10-20)13-3-1-2-4-13/h5-6,11,13H,1-4,7-10H2. The van der Waals surface area contributed by atoms with Crippen molar-refractivity contribution in [3.05, 3.63) is 33.3 Å². The zero-order valence-corrected chi connectivity index (χ0v) is 14.4. The lowest BCUT2D eigenvalue weighted by atomic mass is 10.1. The number of hydrogen-bond acceptors (Lipinski definition) is 2. The Morgan fingerprint density at radius 3 is 2.43 bits per heavy atom. The minimum absolute atomic E-state index is 0.0542. The topological polar surface area (TPSA) is 23.6 Å². The summed E-state index contributed by atoms with van der Waals surface area (Å²) >= 11 is 9.56. The van der Waals surface area contributed by atoms with E-state index in [0.717, 1.165) is 36.7 Å². The van der Waals surface area contributed by atoms with Crippen molar-refractivity contribution in [2.45, 2.75) is 31.7 Å². The average Bonchev–Trinajstić information content (AvgIpc) is 3.01. The highest BCUT2D eigenvalue weighted by Crippen LogP contribution is 2.26. The first kappa shape index (κ1) is 15.3. The summed E-state index contributed by atoms with van der Waals surface area (Å²) in [5.74, 6) is 0.0542. The van der Waals surface area contributed by atoms with Crippen LogP contribution in [0.4, 0.5) is 0 Å². The van der Waals surface area contributed by atoms with E-state index < -0.39 is 0 Å². The van der Waals surface area contributed by atoms with E-state index in [4.69, 9.17) is 11.6 Å². The average molecular weight is 372 g/mol. The van der Waals surface area contributed by atoms with Gasteiger partial charge in [-0.25, -0.2) is 0 Å². The van der Waals surface area contributed by atoms with Gasteiger partial charge in [0.25, 0.3) is 5.91 Å². The molecule has 1 amide bonds. The van der Waals surface area contributed by atoms with Gasteiger partial charge in [0.2, 0.25) is 0 Å². The number of carbonyl (C=O) groups is 1. The van der Waals surface area contributed by atoms with Crippen molar-refractivity contribution in [2.75, 3.05) is 26.2 Å². The molecule has 0 radical (unpaired) electrons. The first-order valence-corrected chi connectivity index (χ1v) is 8.80. The van der Waals surface area contributed by atoms with E-state index in [1.165, 1.54) is 25.7 Å². The smallest absolute Gasteiger partial charge is 0.255 e. The third-order valence-electron chi connectivity index (χ3n) is 4.60. The predicted molar refractivity (Wildman–Crippen MR) is 88.9 cm³/mol. The lowest BCUT2D eigenvalue weighted by Gasteiger charge is -2.38. The number of rotatable bonds is 2. The highest BCUT2D eigenvalue weighted by Gasteiger charge is 2.28. The molecule has 0 bridgehead atoms. The molecule has 1 aromatic rings. The predicted octanol–water partition coefficient (Wildman–Crippen LogP) is 3.80. The van der Waals surface area contributed by atoms with Gasteiger partial charge < -0.3 is 4.90 Å². The van der Waals surface area contributed by atoms with Crippen molar-refractivity contribution in [3.63, 3.8) is 0 Å². The molecule has 5 heteroatoms. The lowest BCUT2D eigenvalue weighted by molar-refractivity contribution is 0.0573. The van der Waals surface area contributed by atoms with Gasteiger partial charge >= 0.3 is 0 Å². The van der Waals surface area contributed by atoms with Gasteiger partial charge in [0.1, 0.15) is 0 Å². The van der Waals surface area contributed by atoms with Crippen LogP contribution in [0.1, 0.15) is 36.0 Å². The fourth-order valence-corrected chi connectivity index (χ4v) is 4.15. The monoisotopic (exact) mass is 370 g/mol. The molecule has 3 nitrogen and oxygen atoms in total. The van der Waals surface area contributed by atoms with Crippen molar-refractivity contribution in [1.82, 2.24) is 9.80 Å². The molecular formula is C16H20BrClN2O. The van der Waals surface area contributed by atoms with Crippen LogP contribution in [-0.4, -0.2) is 47.9 Å². The maximum absolute atomic E-state index is 12.6. The largest absolute Gasteiger partial charge is 0.336 e. The molecule has 0 spiro atoms. The van der Waals surface area contributed by atoms with Crippen molar-refractivity contribution >= 4 is 33.4 Å².